The van der Waals surface area contributed by atoms with Gasteiger partial charge in [0.05, 0.1) is 19.1 Å². The Morgan fingerprint density at radius 3 is 2.48 bits per heavy atom. The fourth-order valence-electron chi connectivity index (χ4n) is 2.18. The molecule has 0 unspecified atom stereocenters. The minimum Gasteiger partial charge on any atom is -0.495 e. The van der Waals surface area contributed by atoms with Crippen molar-refractivity contribution in [2.24, 2.45) is 0 Å². The average molecular weight is 342 g/mol. The van der Waals surface area contributed by atoms with Crippen LogP contribution in [-0.2, 0) is 14.8 Å². The number of methoxy groups -OCH3 is 1. The number of benzene rings is 1. The van der Waals surface area contributed by atoms with Crippen LogP contribution in [0, 0.1) is 0 Å². The number of rotatable bonds is 10. The average Bonchev–Trinajstić information content (AvgIpc) is 2.45. The second-order valence-electron chi connectivity index (χ2n) is 5.50. The molecule has 0 fully saturated rings. The van der Waals surface area contributed by atoms with Crippen LogP contribution in [-0.4, -0.2) is 27.7 Å². The van der Waals surface area contributed by atoms with E-state index in [2.05, 4.69) is 17.0 Å². The predicted octanol–water partition coefficient (Wildman–Crippen LogP) is 3.37. The van der Waals surface area contributed by atoms with Crippen LogP contribution in [0.15, 0.2) is 18.2 Å². The number of hydrogen-bond acceptors (Lipinski definition) is 4. The van der Waals surface area contributed by atoms with E-state index in [-0.39, 0.29) is 5.91 Å². The molecular weight excluding hydrogens is 316 g/mol. The van der Waals surface area contributed by atoms with E-state index < -0.39 is 10.0 Å². The van der Waals surface area contributed by atoms with Crippen molar-refractivity contribution in [3.8, 4) is 5.75 Å². The topological polar surface area (TPSA) is 84.5 Å². The van der Waals surface area contributed by atoms with E-state index in [0.717, 1.165) is 25.5 Å². The van der Waals surface area contributed by atoms with Crippen LogP contribution in [0.3, 0.4) is 0 Å². The van der Waals surface area contributed by atoms with Gasteiger partial charge in [0.25, 0.3) is 0 Å². The highest BCUT2D eigenvalue weighted by molar-refractivity contribution is 7.92. The summed E-state index contributed by atoms with van der Waals surface area (Å²) < 4.78 is 30.2. The van der Waals surface area contributed by atoms with Crippen LogP contribution in [0.4, 0.5) is 11.4 Å². The second kappa shape index (κ2) is 9.39. The molecule has 0 aliphatic carbocycles. The van der Waals surface area contributed by atoms with Gasteiger partial charge >= 0.3 is 0 Å². The Morgan fingerprint density at radius 1 is 1.17 bits per heavy atom. The second-order valence-corrected chi connectivity index (χ2v) is 7.25. The molecule has 0 saturated heterocycles. The third-order valence-electron chi connectivity index (χ3n) is 3.29. The van der Waals surface area contributed by atoms with E-state index in [1.54, 1.807) is 18.2 Å². The molecule has 23 heavy (non-hydrogen) atoms. The van der Waals surface area contributed by atoms with Crippen LogP contribution in [0.2, 0.25) is 0 Å². The number of carbonyl (C=O) groups is 1. The maximum absolute atomic E-state index is 11.9. The van der Waals surface area contributed by atoms with Gasteiger partial charge in [-0.05, 0) is 24.6 Å². The Labute approximate surface area is 138 Å². The number of ether oxygens (including phenoxy) is 1. The molecule has 6 nitrogen and oxygen atoms in total. The van der Waals surface area contributed by atoms with Gasteiger partial charge < -0.3 is 10.1 Å². The predicted molar refractivity (Wildman–Crippen MR) is 93.5 cm³/mol. The molecule has 0 radical (unpaired) electrons. The maximum Gasteiger partial charge on any atom is 0.229 e. The van der Waals surface area contributed by atoms with E-state index in [1.165, 1.54) is 20.0 Å². The van der Waals surface area contributed by atoms with Gasteiger partial charge in [0.15, 0.2) is 0 Å². The monoisotopic (exact) mass is 342 g/mol. The number of sulfonamides is 1. The van der Waals surface area contributed by atoms with Crippen molar-refractivity contribution in [1.82, 2.24) is 0 Å². The molecular formula is C16H26N2O4S. The Kier molecular flexibility index (Phi) is 7.88. The number of unbranched alkanes of at least 4 members (excludes halogenated alkanes) is 4. The van der Waals surface area contributed by atoms with Crippen LogP contribution >= 0.6 is 0 Å². The molecule has 1 aromatic carbocycles. The molecule has 130 valence electrons. The van der Waals surface area contributed by atoms with Crippen molar-refractivity contribution in [3.05, 3.63) is 18.2 Å². The highest BCUT2D eigenvalue weighted by Gasteiger charge is 2.10. The minimum absolute atomic E-state index is 0.0722. The number of carbonyl (C=O) groups excluding carboxylic acids is 1. The summed E-state index contributed by atoms with van der Waals surface area (Å²) in [4.78, 5) is 11.9. The molecule has 7 heteroatoms. The summed E-state index contributed by atoms with van der Waals surface area (Å²) in [5.74, 6) is 0.324. The van der Waals surface area contributed by atoms with Crippen LogP contribution in [0.25, 0.3) is 0 Å². The number of nitrogens with one attached hydrogen (secondary N) is 2. The van der Waals surface area contributed by atoms with E-state index in [0.29, 0.717) is 23.5 Å². The molecule has 0 aromatic heterocycles. The van der Waals surface area contributed by atoms with Gasteiger partial charge in [-0.25, -0.2) is 8.42 Å². The van der Waals surface area contributed by atoms with E-state index in [9.17, 15) is 13.2 Å². The van der Waals surface area contributed by atoms with Crippen molar-refractivity contribution in [2.45, 2.75) is 45.4 Å². The van der Waals surface area contributed by atoms with Crippen molar-refractivity contribution >= 4 is 27.3 Å². The number of hydrogen-bond donors (Lipinski definition) is 2. The summed E-state index contributed by atoms with van der Waals surface area (Å²) in [6.45, 7) is 2.15. The van der Waals surface area contributed by atoms with E-state index >= 15 is 0 Å². The SMILES string of the molecule is CCCCCCCC(=O)Nc1ccc(OC)c(NS(C)(=O)=O)c1. The van der Waals surface area contributed by atoms with Gasteiger partial charge in [-0.1, -0.05) is 32.6 Å². The van der Waals surface area contributed by atoms with Crippen molar-refractivity contribution < 1.29 is 17.9 Å². The molecule has 0 aliphatic rings. The highest BCUT2D eigenvalue weighted by Crippen LogP contribution is 2.28. The van der Waals surface area contributed by atoms with Gasteiger partial charge in [-0.15, -0.1) is 0 Å². The first-order valence-electron chi connectivity index (χ1n) is 7.81. The fraction of sp³-hybridized carbons (Fsp3) is 0.562. The zero-order valence-electron chi connectivity index (χ0n) is 14.0. The highest BCUT2D eigenvalue weighted by atomic mass is 32.2. The first-order valence-corrected chi connectivity index (χ1v) is 9.70. The zero-order chi connectivity index (χ0) is 17.3. The summed E-state index contributed by atoms with van der Waals surface area (Å²) >= 11 is 0. The molecule has 0 heterocycles. The third-order valence-corrected chi connectivity index (χ3v) is 3.88. The summed E-state index contributed by atoms with van der Waals surface area (Å²) in [6.07, 6.45) is 6.95. The lowest BCUT2D eigenvalue weighted by atomic mass is 10.1. The van der Waals surface area contributed by atoms with Gasteiger partial charge in [0.2, 0.25) is 15.9 Å². The molecule has 0 saturated carbocycles. The van der Waals surface area contributed by atoms with Crippen molar-refractivity contribution in [1.29, 1.82) is 0 Å². The normalized spacial score (nSPS) is 11.1. The largest absolute Gasteiger partial charge is 0.495 e. The van der Waals surface area contributed by atoms with Gasteiger partial charge in [0.1, 0.15) is 5.75 Å². The molecule has 1 rings (SSSR count). The molecule has 0 bridgehead atoms. The Bertz CT molecular complexity index is 615. The Morgan fingerprint density at radius 2 is 1.87 bits per heavy atom. The van der Waals surface area contributed by atoms with Gasteiger partial charge in [-0.2, -0.15) is 0 Å². The van der Waals surface area contributed by atoms with Crippen LogP contribution < -0.4 is 14.8 Å². The lowest BCUT2D eigenvalue weighted by Crippen LogP contribution is -2.13. The minimum atomic E-state index is -3.42. The number of anilines is 2. The van der Waals surface area contributed by atoms with Gasteiger partial charge in [-0.3, -0.25) is 9.52 Å². The van der Waals surface area contributed by atoms with Crippen LogP contribution in [0.5, 0.6) is 5.75 Å². The smallest absolute Gasteiger partial charge is 0.229 e. The fourth-order valence-corrected chi connectivity index (χ4v) is 2.74. The third kappa shape index (κ3) is 7.88. The maximum atomic E-state index is 11.9. The lowest BCUT2D eigenvalue weighted by Gasteiger charge is -2.12. The van der Waals surface area contributed by atoms with Crippen LogP contribution in [0.1, 0.15) is 45.4 Å². The standard InChI is InChI=1S/C16H26N2O4S/c1-4-5-6-7-8-9-16(19)17-13-10-11-15(22-2)14(12-13)18-23(3,20)21/h10-12,18H,4-9H2,1-3H3,(H,17,19). The van der Waals surface area contributed by atoms with Crippen molar-refractivity contribution in [3.63, 3.8) is 0 Å². The molecule has 0 atom stereocenters. The van der Waals surface area contributed by atoms with E-state index in [1.807, 2.05) is 0 Å². The molecule has 1 aromatic rings. The molecule has 2 N–H and O–H groups in total. The lowest BCUT2D eigenvalue weighted by molar-refractivity contribution is -0.116. The summed E-state index contributed by atoms with van der Waals surface area (Å²) in [5, 5.41) is 2.78. The van der Waals surface area contributed by atoms with Crippen molar-refractivity contribution in [2.75, 3.05) is 23.4 Å². The molecule has 0 aliphatic heterocycles. The summed E-state index contributed by atoms with van der Waals surface area (Å²) in [5.41, 5.74) is 0.839. The zero-order valence-corrected chi connectivity index (χ0v) is 14.8. The summed E-state index contributed by atoms with van der Waals surface area (Å²) in [6, 6.07) is 4.85. The quantitative estimate of drug-likeness (QED) is 0.639. The molecule has 1 amide bonds. The van der Waals surface area contributed by atoms with Gasteiger partial charge in [0, 0.05) is 12.1 Å². The molecule has 0 spiro atoms. The Hall–Kier alpha value is -1.76. The first kappa shape index (κ1) is 19.3. The summed E-state index contributed by atoms with van der Waals surface area (Å²) in [7, 11) is -1.97. The van der Waals surface area contributed by atoms with E-state index in [4.69, 9.17) is 4.74 Å². The first-order chi connectivity index (χ1) is 10.9. The number of amides is 1. The Balaban J connectivity index is 2.63.